The number of fused-ring (bicyclic) bond motifs is 1. The molecule has 118 valence electrons. The lowest BCUT2D eigenvalue weighted by atomic mass is 9.90. The maximum Gasteiger partial charge on any atom is 0.354 e. The second-order valence-corrected chi connectivity index (χ2v) is 5.97. The molecule has 1 unspecified atom stereocenters. The number of nitrogens with zero attached hydrogens (tertiary/aromatic N) is 1. The van der Waals surface area contributed by atoms with E-state index in [9.17, 15) is 9.90 Å². The first-order valence-corrected chi connectivity index (χ1v) is 7.20. The lowest BCUT2D eigenvalue weighted by molar-refractivity contribution is -0.129. The van der Waals surface area contributed by atoms with Gasteiger partial charge in [0.05, 0.1) is 11.8 Å². The average Bonchev–Trinajstić information content (AvgIpc) is 2.41. The maximum atomic E-state index is 11.2. The molecule has 0 saturated carbocycles. The number of allylic oxidation sites excluding steroid dienone is 1. The number of aliphatic carboxylic acids is 1. The molecule has 1 atom stereocenters. The fourth-order valence-corrected chi connectivity index (χ4v) is 2.34. The quantitative estimate of drug-likeness (QED) is 0.842. The molecule has 2 N–H and O–H groups in total. The van der Waals surface area contributed by atoms with Crippen molar-refractivity contribution in [2.24, 2.45) is 4.99 Å². The van der Waals surface area contributed by atoms with Gasteiger partial charge in [0.2, 0.25) is 0 Å². The molecule has 0 amide bonds. The highest BCUT2D eigenvalue weighted by molar-refractivity contribution is 6.40. The Morgan fingerprint density at radius 1 is 1.45 bits per heavy atom. The van der Waals surface area contributed by atoms with E-state index in [0.29, 0.717) is 12.1 Å². The summed E-state index contributed by atoms with van der Waals surface area (Å²) >= 11 is 0. The third-order valence-electron chi connectivity index (χ3n) is 3.75. The van der Waals surface area contributed by atoms with Gasteiger partial charge in [-0.25, -0.2) is 9.79 Å². The highest BCUT2D eigenvalue weighted by Gasteiger charge is 2.35. The number of benzene rings is 1. The summed E-state index contributed by atoms with van der Waals surface area (Å²) < 4.78 is 5.84. The van der Waals surface area contributed by atoms with E-state index in [0.717, 1.165) is 16.9 Å². The van der Waals surface area contributed by atoms with Crippen molar-refractivity contribution in [3.05, 3.63) is 35.4 Å². The number of carboxylic acids is 1. The number of aliphatic hydroxyl groups excluding tert-OH is 1. The molecule has 0 saturated heterocycles. The van der Waals surface area contributed by atoms with Crippen molar-refractivity contribution in [1.82, 2.24) is 0 Å². The zero-order chi connectivity index (χ0) is 16.5. The number of aliphatic hydroxyl groups is 1. The lowest BCUT2D eigenvalue weighted by Crippen LogP contribution is -2.46. The molecule has 0 bridgehead atoms. The van der Waals surface area contributed by atoms with Crippen LogP contribution in [0.15, 0.2) is 29.3 Å². The topological polar surface area (TPSA) is 79.1 Å². The molecule has 1 aliphatic heterocycles. The summed E-state index contributed by atoms with van der Waals surface area (Å²) in [7, 11) is 0. The molecule has 0 spiro atoms. The monoisotopic (exact) mass is 303 g/mol. The summed E-state index contributed by atoms with van der Waals surface area (Å²) in [4.78, 5) is 15.4. The molecule has 0 fully saturated rings. The number of hydrogen-bond acceptors (Lipinski definition) is 4. The summed E-state index contributed by atoms with van der Waals surface area (Å²) in [5.41, 5.74) is 1.57. The highest BCUT2D eigenvalue weighted by atomic mass is 16.5. The van der Waals surface area contributed by atoms with Crippen molar-refractivity contribution < 1.29 is 19.7 Å². The van der Waals surface area contributed by atoms with Gasteiger partial charge in [0.1, 0.15) is 17.1 Å². The molecule has 2 rings (SSSR count). The van der Waals surface area contributed by atoms with Crippen molar-refractivity contribution in [1.29, 1.82) is 0 Å². The van der Waals surface area contributed by atoms with Crippen LogP contribution < -0.4 is 4.74 Å². The predicted molar refractivity (Wildman–Crippen MR) is 85.1 cm³/mol. The molecule has 1 heterocycles. The Balaban J connectivity index is 2.47. The first-order valence-electron chi connectivity index (χ1n) is 7.20. The minimum absolute atomic E-state index is 0.0249. The Hall–Kier alpha value is -2.14. The van der Waals surface area contributed by atoms with Crippen LogP contribution in [0.3, 0.4) is 0 Å². The van der Waals surface area contributed by atoms with Crippen LogP contribution in [-0.4, -0.2) is 33.6 Å². The molecular weight excluding hydrogens is 282 g/mol. The Morgan fingerprint density at radius 3 is 2.73 bits per heavy atom. The van der Waals surface area contributed by atoms with E-state index in [1.54, 1.807) is 19.1 Å². The highest BCUT2D eigenvalue weighted by Crippen LogP contribution is 2.37. The largest absolute Gasteiger partial charge is 0.485 e. The van der Waals surface area contributed by atoms with E-state index in [1.165, 1.54) is 6.08 Å². The number of ether oxygens (including phenoxy) is 1. The fourth-order valence-electron chi connectivity index (χ4n) is 2.34. The number of aliphatic imine (C=N–C) groups is 1. The Kier molecular flexibility index (Phi) is 4.37. The van der Waals surface area contributed by atoms with Gasteiger partial charge >= 0.3 is 5.97 Å². The third kappa shape index (κ3) is 3.20. The van der Waals surface area contributed by atoms with E-state index in [1.807, 2.05) is 26.8 Å². The van der Waals surface area contributed by atoms with Gasteiger partial charge in [-0.1, -0.05) is 6.08 Å². The minimum atomic E-state index is -1.08. The van der Waals surface area contributed by atoms with Crippen molar-refractivity contribution in [2.45, 2.75) is 45.8 Å². The van der Waals surface area contributed by atoms with Gasteiger partial charge in [0.25, 0.3) is 0 Å². The van der Waals surface area contributed by atoms with Gasteiger partial charge in [-0.2, -0.15) is 0 Å². The number of rotatable bonds is 3. The zero-order valence-corrected chi connectivity index (χ0v) is 13.3. The van der Waals surface area contributed by atoms with Gasteiger partial charge in [-0.15, -0.1) is 0 Å². The van der Waals surface area contributed by atoms with E-state index in [-0.39, 0.29) is 5.71 Å². The molecule has 1 aromatic carbocycles. The summed E-state index contributed by atoms with van der Waals surface area (Å²) in [5, 5.41) is 19.3. The van der Waals surface area contributed by atoms with E-state index >= 15 is 0 Å². The summed E-state index contributed by atoms with van der Waals surface area (Å²) in [6.07, 6.45) is 2.93. The Labute approximate surface area is 130 Å². The summed E-state index contributed by atoms with van der Waals surface area (Å²) in [5.74, 6) is -0.359. The summed E-state index contributed by atoms with van der Waals surface area (Å²) in [6, 6.07) is 3.63. The number of carboxylic acid groups (broad SMARTS) is 1. The Bertz CT molecular complexity index is 659. The first-order chi connectivity index (χ1) is 10.2. The normalized spacial score (nSPS) is 20.6. The molecule has 1 aromatic rings. The van der Waals surface area contributed by atoms with Gasteiger partial charge < -0.3 is 14.9 Å². The van der Waals surface area contributed by atoms with Gasteiger partial charge in [0, 0.05) is 6.42 Å². The predicted octanol–water partition coefficient (Wildman–Crippen LogP) is 2.80. The van der Waals surface area contributed by atoms with Crippen molar-refractivity contribution in [3.63, 3.8) is 0 Å². The lowest BCUT2D eigenvalue weighted by Gasteiger charge is -2.37. The van der Waals surface area contributed by atoms with Crippen LogP contribution in [0.2, 0.25) is 0 Å². The maximum absolute atomic E-state index is 11.2. The molecule has 5 heteroatoms. The standard InChI is InChI=1S/C17H21NO4/c1-5-6-12(16(20)21)18-13-8-11-9-15(19)17(3,4)22-14(11)7-10(13)2/h5-8,15,19H,9H2,1-4H3,(H,20,21)/b6-5+,18-12?. The third-order valence-corrected chi connectivity index (χ3v) is 3.75. The van der Waals surface area contributed by atoms with Crippen LogP contribution in [-0.2, 0) is 11.2 Å². The second kappa shape index (κ2) is 5.93. The zero-order valence-electron chi connectivity index (χ0n) is 13.3. The van der Waals surface area contributed by atoms with Crippen LogP contribution in [0.4, 0.5) is 5.69 Å². The first kappa shape index (κ1) is 16.2. The molecule has 5 nitrogen and oxygen atoms in total. The molecule has 0 aliphatic carbocycles. The second-order valence-electron chi connectivity index (χ2n) is 5.97. The SMILES string of the molecule is C/C=C/C(=Nc1cc2c(cc1C)OC(C)(C)C(O)C2)C(=O)O. The molecular formula is C17H21NO4. The number of carbonyl (C=O) groups is 1. The smallest absolute Gasteiger partial charge is 0.354 e. The minimum Gasteiger partial charge on any atom is -0.485 e. The van der Waals surface area contributed by atoms with Gasteiger partial charge in [-0.3, -0.25) is 0 Å². The Morgan fingerprint density at radius 2 is 2.14 bits per heavy atom. The van der Waals surface area contributed by atoms with Crippen molar-refractivity contribution in [3.8, 4) is 5.75 Å². The van der Waals surface area contributed by atoms with E-state index < -0.39 is 17.7 Å². The van der Waals surface area contributed by atoms with Crippen LogP contribution in [0.25, 0.3) is 0 Å². The summed E-state index contributed by atoms with van der Waals surface area (Å²) in [6.45, 7) is 7.28. The van der Waals surface area contributed by atoms with E-state index in [2.05, 4.69) is 4.99 Å². The van der Waals surface area contributed by atoms with E-state index in [4.69, 9.17) is 9.84 Å². The number of hydrogen-bond donors (Lipinski definition) is 2. The molecule has 1 aliphatic rings. The van der Waals surface area contributed by atoms with Gasteiger partial charge in [-0.05, 0) is 57.0 Å². The van der Waals surface area contributed by atoms with Crippen LogP contribution in [0.1, 0.15) is 31.9 Å². The number of aryl methyl sites for hydroxylation is 1. The van der Waals surface area contributed by atoms with Gasteiger partial charge in [0.15, 0.2) is 0 Å². The van der Waals surface area contributed by atoms with Crippen molar-refractivity contribution in [2.75, 3.05) is 0 Å². The van der Waals surface area contributed by atoms with Crippen molar-refractivity contribution >= 4 is 17.4 Å². The molecule has 0 radical (unpaired) electrons. The molecule has 22 heavy (non-hydrogen) atoms. The molecule has 0 aromatic heterocycles. The fraction of sp³-hybridized carbons (Fsp3) is 0.412. The average molecular weight is 303 g/mol. The van der Waals surface area contributed by atoms with Crippen LogP contribution in [0, 0.1) is 6.92 Å². The van der Waals surface area contributed by atoms with Crippen LogP contribution in [0.5, 0.6) is 5.75 Å². The van der Waals surface area contributed by atoms with Crippen LogP contribution >= 0.6 is 0 Å².